The Bertz CT molecular complexity index is 1020. The molecule has 0 unspecified atom stereocenters. The van der Waals surface area contributed by atoms with Crippen LogP contribution >= 0.6 is 0 Å². The molecule has 0 bridgehead atoms. The van der Waals surface area contributed by atoms with Crippen LogP contribution in [0.2, 0.25) is 0 Å². The number of halogens is 3. The molecule has 8 nitrogen and oxygen atoms in total. The molecule has 0 aromatic carbocycles. The lowest BCUT2D eigenvalue weighted by atomic mass is 10.4. The molecule has 0 fully saturated rings. The first-order chi connectivity index (χ1) is 11.1. The molecule has 0 radical (unpaired) electrons. The topological polar surface area (TPSA) is 95.0 Å². The minimum Gasteiger partial charge on any atom is -0.274 e. The molecule has 3 heterocycles. The van der Waals surface area contributed by atoms with Gasteiger partial charge in [-0.2, -0.15) is 18.3 Å². The van der Waals surface area contributed by atoms with E-state index in [-0.39, 0.29) is 27.8 Å². The van der Waals surface area contributed by atoms with E-state index in [0.29, 0.717) is 0 Å². The largest absolute Gasteiger partial charge is 0.433 e. The number of aromatic nitrogens is 6. The number of hydrogen-bond acceptors (Lipinski definition) is 6. The Kier molecular flexibility index (Phi) is 3.59. The molecule has 3 rings (SSSR count). The van der Waals surface area contributed by atoms with Crippen LogP contribution in [0.5, 0.6) is 0 Å². The van der Waals surface area contributed by atoms with Crippen molar-refractivity contribution in [1.82, 2.24) is 29.4 Å². The molecule has 0 spiro atoms. The van der Waals surface area contributed by atoms with E-state index in [1.54, 1.807) is 0 Å². The summed E-state index contributed by atoms with van der Waals surface area (Å²) in [5.41, 5.74) is -1.24. The average Bonchev–Trinajstić information content (AvgIpc) is 3.08. The minimum absolute atomic E-state index is 0.0170. The highest BCUT2D eigenvalue weighted by Crippen LogP contribution is 2.29. The van der Waals surface area contributed by atoms with Crippen molar-refractivity contribution in [3.63, 3.8) is 0 Å². The van der Waals surface area contributed by atoms with Gasteiger partial charge in [0.25, 0.3) is 0 Å². The van der Waals surface area contributed by atoms with Gasteiger partial charge in [-0.3, -0.25) is 4.68 Å². The van der Waals surface area contributed by atoms with Gasteiger partial charge >= 0.3 is 6.18 Å². The molecule has 128 valence electrons. The van der Waals surface area contributed by atoms with Crippen LogP contribution in [-0.4, -0.2) is 43.5 Å². The Morgan fingerprint density at radius 3 is 2.58 bits per heavy atom. The molecule has 0 aliphatic rings. The molecule has 24 heavy (non-hydrogen) atoms. The highest BCUT2D eigenvalue weighted by atomic mass is 32.2. The third-order valence-corrected chi connectivity index (χ3v) is 4.97. The van der Waals surface area contributed by atoms with Gasteiger partial charge in [-0.1, -0.05) is 6.92 Å². The summed E-state index contributed by atoms with van der Waals surface area (Å²) in [5, 5.41) is 7.98. The second kappa shape index (κ2) is 5.26. The van der Waals surface area contributed by atoms with Crippen molar-refractivity contribution in [1.29, 1.82) is 0 Å². The van der Waals surface area contributed by atoms with E-state index >= 15 is 0 Å². The summed E-state index contributed by atoms with van der Waals surface area (Å²) >= 11 is 0. The first-order valence-corrected chi connectivity index (χ1v) is 8.33. The van der Waals surface area contributed by atoms with E-state index in [1.165, 1.54) is 24.9 Å². The fourth-order valence-corrected chi connectivity index (χ4v) is 3.11. The van der Waals surface area contributed by atoms with Gasteiger partial charge in [0.1, 0.15) is 16.9 Å². The minimum atomic E-state index is -4.62. The highest BCUT2D eigenvalue weighted by molar-refractivity contribution is 7.91. The van der Waals surface area contributed by atoms with Gasteiger partial charge in [0.15, 0.2) is 21.2 Å². The lowest BCUT2D eigenvalue weighted by Gasteiger charge is -2.03. The SMILES string of the molecule is CCS(=O)(=O)c1cn(C)nc1-c1nc2cc(C(F)(F)F)ncn2n1. The van der Waals surface area contributed by atoms with Crippen LogP contribution in [0.1, 0.15) is 12.6 Å². The summed E-state index contributed by atoms with van der Waals surface area (Å²) in [4.78, 5) is 7.14. The Morgan fingerprint density at radius 1 is 1.25 bits per heavy atom. The van der Waals surface area contributed by atoms with Crippen LogP contribution in [0.15, 0.2) is 23.5 Å². The van der Waals surface area contributed by atoms with Gasteiger partial charge in [0.05, 0.1) is 5.75 Å². The van der Waals surface area contributed by atoms with Crippen LogP contribution in [0.4, 0.5) is 13.2 Å². The Hall–Kier alpha value is -2.50. The van der Waals surface area contributed by atoms with Crippen molar-refractivity contribution >= 4 is 15.5 Å². The fraction of sp³-hybridized carbons (Fsp3) is 0.333. The lowest BCUT2D eigenvalue weighted by molar-refractivity contribution is -0.141. The van der Waals surface area contributed by atoms with Crippen molar-refractivity contribution in [3.05, 3.63) is 24.3 Å². The molecule has 0 aliphatic heterocycles. The zero-order valence-corrected chi connectivity index (χ0v) is 13.3. The monoisotopic (exact) mass is 360 g/mol. The predicted octanol–water partition coefficient (Wildman–Crippen LogP) is 1.34. The number of rotatable bonds is 3. The van der Waals surface area contributed by atoms with Crippen molar-refractivity contribution < 1.29 is 21.6 Å². The van der Waals surface area contributed by atoms with Crippen LogP contribution in [0, 0.1) is 0 Å². The van der Waals surface area contributed by atoms with E-state index in [9.17, 15) is 21.6 Å². The van der Waals surface area contributed by atoms with E-state index in [4.69, 9.17) is 0 Å². The quantitative estimate of drug-likeness (QED) is 0.699. The molecular formula is C12H11F3N6O2S. The lowest BCUT2D eigenvalue weighted by Crippen LogP contribution is -2.08. The zero-order valence-electron chi connectivity index (χ0n) is 12.5. The van der Waals surface area contributed by atoms with Crippen molar-refractivity contribution in [2.24, 2.45) is 7.05 Å². The van der Waals surface area contributed by atoms with Crippen LogP contribution in [0.3, 0.4) is 0 Å². The Balaban J connectivity index is 2.18. The maximum atomic E-state index is 12.7. The number of hydrogen-bond donors (Lipinski definition) is 0. The number of sulfone groups is 1. The first kappa shape index (κ1) is 16.4. The summed E-state index contributed by atoms with van der Waals surface area (Å²) in [6, 6.07) is 0.730. The van der Waals surface area contributed by atoms with E-state index in [2.05, 4.69) is 20.2 Å². The third-order valence-electron chi connectivity index (χ3n) is 3.24. The molecular weight excluding hydrogens is 349 g/mol. The molecule has 0 aliphatic carbocycles. The molecule has 12 heteroatoms. The van der Waals surface area contributed by atoms with Gasteiger partial charge in [0.2, 0.25) is 5.82 Å². The average molecular weight is 360 g/mol. The zero-order chi connectivity index (χ0) is 17.7. The van der Waals surface area contributed by atoms with Gasteiger partial charge in [-0.15, -0.1) is 5.10 Å². The van der Waals surface area contributed by atoms with Crippen molar-refractivity contribution in [2.75, 3.05) is 5.75 Å². The molecule has 3 aromatic heterocycles. The van der Waals surface area contributed by atoms with Gasteiger partial charge < -0.3 is 0 Å². The van der Waals surface area contributed by atoms with Gasteiger partial charge in [-0.05, 0) is 0 Å². The van der Waals surface area contributed by atoms with E-state index in [1.807, 2.05) is 0 Å². The normalized spacial score (nSPS) is 12.9. The molecule has 0 atom stereocenters. The van der Waals surface area contributed by atoms with Crippen LogP contribution in [-0.2, 0) is 23.1 Å². The summed E-state index contributed by atoms with van der Waals surface area (Å²) in [5.74, 6) is -0.248. The van der Waals surface area contributed by atoms with Crippen LogP contribution in [0.25, 0.3) is 17.2 Å². The predicted molar refractivity (Wildman–Crippen MR) is 75.7 cm³/mol. The molecule has 0 saturated carbocycles. The van der Waals surface area contributed by atoms with Crippen LogP contribution < -0.4 is 0 Å². The molecule has 0 saturated heterocycles. The summed E-state index contributed by atoms with van der Waals surface area (Å²) in [6.07, 6.45) is -2.44. The van der Waals surface area contributed by atoms with Gasteiger partial charge in [-0.25, -0.2) is 22.9 Å². The standard InChI is InChI=1S/C12H11F3N6O2S/c1-3-24(22,23)7-5-20(2)18-10(7)11-17-9-4-8(12(13,14)15)16-6-21(9)19-11/h4-6H,3H2,1-2H3. The number of aryl methyl sites for hydroxylation is 1. The second-order valence-corrected chi connectivity index (χ2v) is 7.18. The van der Waals surface area contributed by atoms with Crippen molar-refractivity contribution in [3.8, 4) is 11.5 Å². The number of alkyl halides is 3. The fourth-order valence-electron chi connectivity index (χ4n) is 2.06. The third kappa shape index (κ3) is 2.72. The summed E-state index contributed by atoms with van der Waals surface area (Å²) in [7, 11) is -2.07. The molecule has 0 amide bonds. The second-order valence-electron chi connectivity index (χ2n) is 4.93. The van der Waals surface area contributed by atoms with Crippen molar-refractivity contribution in [2.45, 2.75) is 18.0 Å². The summed E-state index contributed by atoms with van der Waals surface area (Å²) < 4.78 is 64.7. The maximum absolute atomic E-state index is 12.7. The van der Waals surface area contributed by atoms with E-state index in [0.717, 1.165) is 16.9 Å². The molecule has 3 aromatic rings. The Morgan fingerprint density at radius 2 is 1.96 bits per heavy atom. The van der Waals surface area contributed by atoms with E-state index < -0.39 is 21.7 Å². The number of fused-ring (bicyclic) bond motifs is 1. The highest BCUT2D eigenvalue weighted by Gasteiger charge is 2.33. The molecule has 0 N–H and O–H groups in total. The number of nitrogens with zero attached hydrogens (tertiary/aromatic N) is 6. The first-order valence-electron chi connectivity index (χ1n) is 6.68. The van der Waals surface area contributed by atoms with Gasteiger partial charge in [0, 0.05) is 19.3 Å². The maximum Gasteiger partial charge on any atom is 0.433 e. The Labute approximate surface area is 133 Å². The summed E-state index contributed by atoms with van der Waals surface area (Å²) in [6.45, 7) is 1.47. The smallest absolute Gasteiger partial charge is 0.274 e.